The van der Waals surface area contributed by atoms with Crippen LogP contribution in [0.4, 0.5) is 14.5 Å². The molecule has 1 aliphatic rings. The van der Waals surface area contributed by atoms with Gasteiger partial charge in [0.2, 0.25) is 0 Å². The zero-order valence-corrected chi connectivity index (χ0v) is 15.8. The Labute approximate surface area is 158 Å². The number of halogens is 3. The van der Waals surface area contributed by atoms with Crippen LogP contribution in [0.2, 0.25) is 5.02 Å². The molecule has 140 valence electrons. The lowest BCUT2D eigenvalue weighted by Gasteiger charge is -2.43. The van der Waals surface area contributed by atoms with Gasteiger partial charge in [0.05, 0.1) is 5.60 Å². The molecule has 0 aliphatic heterocycles. The fourth-order valence-electron chi connectivity index (χ4n) is 3.94. The second-order valence-corrected chi connectivity index (χ2v) is 8.25. The maximum Gasteiger partial charge on any atom is 0.126 e. The number of anilines is 1. The van der Waals surface area contributed by atoms with Crippen LogP contribution in [-0.2, 0) is 5.60 Å². The van der Waals surface area contributed by atoms with Crippen LogP contribution in [0, 0.1) is 17.6 Å². The number of nitrogens with one attached hydrogen (secondary N) is 1. The highest BCUT2D eigenvalue weighted by Crippen LogP contribution is 2.44. The molecule has 0 bridgehead atoms. The van der Waals surface area contributed by atoms with Crippen molar-refractivity contribution in [1.82, 2.24) is 0 Å². The Hall–Kier alpha value is -1.65. The molecular weight excluding hydrogens is 356 g/mol. The van der Waals surface area contributed by atoms with E-state index in [1.807, 2.05) is 24.3 Å². The molecule has 26 heavy (non-hydrogen) atoms. The van der Waals surface area contributed by atoms with Crippen molar-refractivity contribution in [3.05, 3.63) is 64.7 Å². The van der Waals surface area contributed by atoms with Crippen LogP contribution in [0.3, 0.4) is 0 Å². The van der Waals surface area contributed by atoms with Crippen LogP contribution in [0.5, 0.6) is 0 Å². The largest absolute Gasteiger partial charge is 0.385 e. The van der Waals surface area contributed by atoms with Gasteiger partial charge < -0.3 is 10.4 Å². The van der Waals surface area contributed by atoms with Crippen LogP contribution in [0.1, 0.15) is 45.1 Å². The van der Waals surface area contributed by atoms with E-state index < -0.39 is 17.2 Å². The van der Waals surface area contributed by atoms with Gasteiger partial charge in [0, 0.05) is 22.3 Å². The van der Waals surface area contributed by atoms with Gasteiger partial charge in [-0.3, -0.25) is 0 Å². The van der Waals surface area contributed by atoms with Gasteiger partial charge in [-0.2, -0.15) is 0 Å². The van der Waals surface area contributed by atoms with Gasteiger partial charge in [-0.1, -0.05) is 11.6 Å². The molecular formula is C21H24ClF2NO. The highest BCUT2D eigenvalue weighted by Gasteiger charge is 2.40. The molecule has 2 aromatic rings. The molecule has 2 nitrogen and oxygen atoms in total. The van der Waals surface area contributed by atoms with Gasteiger partial charge in [-0.15, -0.1) is 0 Å². The summed E-state index contributed by atoms with van der Waals surface area (Å²) in [6.07, 6.45) is 2.49. The lowest BCUT2D eigenvalue weighted by atomic mass is 9.69. The molecule has 0 aromatic heterocycles. The zero-order chi connectivity index (χ0) is 18.9. The van der Waals surface area contributed by atoms with Crippen molar-refractivity contribution < 1.29 is 13.9 Å². The first kappa shape index (κ1) is 19.1. The molecule has 1 fully saturated rings. The second kappa shape index (κ2) is 7.16. The van der Waals surface area contributed by atoms with Crippen LogP contribution in [0.15, 0.2) is 42.5 Å². The first-order chi connectivity index (χ1) is 12.2. The molecule has 2 aromatic carbocycles. The number of aliphatic hydroxyl groups is 1. The van der Waals surface area contributed by atoms with E-state index >= 15 is 0 Å². The lowest BCUT2D eigenvalue weighted by molar-refractivity contribution is -0.0215. The number of hydrogen-bond acceptors (Lipinski definition) is 2. The average Bonchev–Trinajstić information content (AvgIpc) is 2.56. The summed E-state index contributed by atoms with van der Waals surface area (Å²) in [7, 11) is 0. The second-order valence-electron chi connectivity index (χ2n) is 7.82. The van der Waals surface area contributed by atoms with Gasteiger partial charge in [0.25, 0.3) is 0 Å². The minimum absolute atomic E-state index is 0.178. The third-order valence-corrected chi connectivity index (χ3v) is 5.80. The molecule has 0 heterocycles. The van der Waals surface area contributed by atoms with Gasteiger partial charge >= 0.3 is 0 Å². The molecule has 2 N–H and O–H groups in total. The molecule has 0 atom stereocenters. The van der Waals surface area contributed by atoms with Crippen molar-refractivity contribution in [3.8, 4) is 0 Å². The molecule has 1 saturated carbocycles. The van der Waals surface area contributed by atoms with E-state index in [4.69, 9.17) is 11.6 Å². The summed E-state index contributed by atoms with van der Waals surface area (Å²) in [6, 6.07) is 10.9. The Balaban J connectivity index is 1.69. The molecule has 0 unspecified atom stereocenters. The van der Waals surface area contributed by atoms with E-state index in [1.165, 1.54) is 12.1 Å². The fourth-order valence-corrected chi connectivity index (χ4v) is 4.06. The average molecular weight is 380 g/mol. The Kier molecular flexibility index (Phi) is 5.27. The van der Waals surface area contributed by atoms with Crippen molar-refractivity contribution in [2.75, 3.05) is 5.32 Å². The van der Waals surface area contributed by atoms with E-state index in [9.17, 15) is 13.9 Å². The van der Waals surface area contributed by atoms with Crippen molar-refractivity contribution in [1.29, 1.82) is 0 Å². The lowest BCUT2D eigenvalue weighted by Crippen LogP contribution is -2.44. The summed E-state index contributed by atoms with van der Waals surface area (Å²) >= 11 is 5.93. The Morgan fingerprint density at radius 2 is 1.58 bits per heavy atom. The highest BCUT2D eigenvalue weighted by atomic mass is 35.5. The van der Waals surface area contributed by atoms with E-state index in [0.717, 1.165) is 24.6 Å². The summed E-state index contributed by atoms with van der Waals surface area (Å²) in [5.74, 6) is -0.975. The van der Waals surface area contributed by atoms with Gasteiger partial charge in [0.15, 0.2) is 0 Å². The van der Waals surface area contributed by atoms with Gasteiger partial charge in [-0.05, 0) is 87.4 Å². The van der Waals surface area contributed by atoms with E-state index in [1.54, 1.807) is 0 Å². The highest BCUT2D eigenvalue weighted by molar-refractivity contribution is 6.30. The molecule has 0 amide bonds. The van der Waals surface area contributed by atoms with Crippen molar-refractivity contribution in [2.45, 2.75) is 50.7 Å². The maximum absolute atomic E-state index is 13.5. The third kappa shape index (κ3) is 4.18. The molecule has 5 heteroatoms. The molecule has 0 radical (unpaired) electrons. The van der Waals surface area contributed by atoms with E-state index in [-0.39, 0.29) is 5.54 Å². The normalized spacial score (nSPS) is 23.7. The Bertz CT molecular complexity index is 748. The number of hydrogen-bond donors (Lipinski definition) is 2. The van der Waals surface area contributed by atoms with E-state index in [2.05, 4.69) is 19.2 Å². The molecule has 3 rings (SSSR count). The fraction of sp³-hybridized carbons (Fsp3) is 0.429. The quantitative estimate of drug-likeness (QED) is 0.694. The van der Waals surface area contributed by atoms with Crippen molar-refractivity contribution in [3.63, 3.8) is 0 Å². The molecule has 1 aliphatic carbocycles. The summed E-state index contributed by atoms with van der Waals surface area (Å²) in [6.45, 7) is 4.27. The minimum Gasteiger partial charge on any atom is -0.385 e. The van der Waals surface area contributed by atoms with Gasteiger partial charge in [0.1, 0.15) is 11.6 Å². The summed E-state index contributed by atoms with van der Waals surface area (Å²) in [5, 5.41) is 15.2. The predicted octanol–water partition coefficient (Wildman–Crippen LogP) is 5.89. The van der Waals surface area contributed by atoms with Crippen molar-refractivity contribution in [2.24, 2.45) is 5.92 Å². The van der Waals surface area contributed by atoms with Crippen LogP contribution >= 0.6 is 11.6 Å². The first-order valence-corrected chi connectivity index (χ1v) is 9.28. The smallest absolute Gasteiger partial charge is 0.126 e. The standard InChI is InChI=1S/C21H24ClF2NO/c1-20(2,25-19-5-3-16(22)4-6-19)14-7-9-21(26,10-8-14)15-11-17(23)13-18(24)12-15/h3-6,11-14,25-26H,7-10H2,1-2H3. The van der Waals surface area contributed by atoms with Gasteiger partial charge in [-0.25, -0.2) is 8.78 Å². The predicted molar refractivity (Wildman–Crippen MR) is 101 cm³/mol. The van der Waals surface area contributed by atoms with Crippen molar-refractivity contribution >= 4 is 17.3 Å². The van der Waals surface area contributed by atoms with Crippen LogP contribution in [-0.4, -0.2) is 10.6 Å². The summed E-state index contributed by atoms with van der Waals surface area (Å²) in [5.41, 5.74) is -0.0256. The van der Waals surface area contributed by atoms with E-state index in [0.29, 0.717) is 29.3 Å². The Morgan fingerprint density at radius 3 is 2.12 bits per heavy atom. The summed E-state index contributed by atoms with van der Waals surface area (Å²) in [4.78, 5) is 0. The SMILES string of the molecule is CC(C)(Nc1ccc(Cl)cc1)C1CCC(O)(c2cc(F)cc(F)c2)CC1. The maximum atomic E-state index is 13.5. The van der Waals surface area contributed by atoms with Crippen LogP contribution < -0.4 is 5.32 Å². The molecule has 0 spiro atoms. The first-order valence-electron chi connectivity index (χ1n) is 8.91. The minimum atomic E-state index is -1.17. The number of benzene rings is 2. The third-order valence-electron chi connectivity index (χ3n) is 5.54. The Morgan fingerprint density at radius 1 is 1.04 bits per heavy atom. The van der Waals surface area contributed by atoms with Crippen LogP contribution in [0.25, 0.3) is 0 Å². The topological polar surface area (TPSA) is 32.3 Å². The monoisotopic (exact) mass is 379 g/mol. The summed E-state index contributed by atoms with van der Waals surface area (Å²) < 4.78 is 27.0. The molecule has 0 saturated heterocycles. The number of rotatable bonds is 4. The zero-order valence-electron chi connectivity index (χ0n) is 15.0.